The third-order valence-corrected chi connectivity index (χ3v) is 6.01. The largest absolute Gasteiger partial charge is 0.368 e. The van der Waals surface area contributed by atoms with Crippen molar-refractivity contribution < 1.29 is 14.5 Å². The lowest BCUT2D eigenvalue weighted by Gasteiger charge is -2.36. The summed E-state index contributed by atoms with van der Waals surface area (Å²) in [5.41, 5.74) is 1.20. The number of hydrogen-bond donors (Lipinski definition) is 0. The highest BCUT2D eigenvalue weighted by atomic mass is 79.9. The molecule has 1 unspecified atom stereocenters. The third kappa shape index (κ3) is 4.21. The van der Waals surface area contributed by atoms with Gasteiger partial charge in [0, 0.05) is 54.9 Å². The summed E-state index contributed by atoms with van der Waals surface area (Å²) in [5.74, 6) is -2.34. The van der Waals surface area contributed by atoms with Gasteiger partial charge >= 0.3 is 0 Å². The summed E-state index contributed by atoms with van der Waals surface area (Å²) >= 11 is 4.59. The first-order chi connectivity index (χ1) is 13.4. The molecule has 1 amide bonds. The van der Waals surface area contributed by atoms with E-state index in [4.69, 9.17) is 0 Å². The predicted octanol–water partition coefficient (Wildman–Crippen LogP) is 3.09. The van der Waals surface area contributed by atoms with Crippen LogP contribution in [0.15, 0.2) is 39.5 Å². The molecule has 0 spiro atoms. The summed E-state index contributed by atoms with van der Waals surface area (Å²) in [6, 6.07) is 9.67. The van der Waals surface area contributed by atoms with Crippen LogP contribution >= 0.6 is 27.3 Å². The Morgan fingerprint density at radius 1 is 1.21 bits per heavy atom. The minimum Gasteiger partial charge on any atom is -0.368 e. The minimum absolute atomic E-state index is 0.0213. The number of Topliss-reactive ketones (excluding diaryl/α,β-unsaturated/α-hetero) is 1. The van der Waals surface area contributed by atoms with Crippen molar-refractivity contribution in [1.29, 1.82) is 5.26 Å². The number of benzene rings is 1. The van der Waals surface area contributed by atoms with E-state index in [0.29, 0.717) is 31.7 Å². The van der Waals surface area contributed by atoms with E-state index in [2.05, 4.69) is 15.9 Å². The first-order valence-corrected chi connectivity index (χ1v) is 10.0. The number of nitro benzene ring substituents is 1. The fraction of sp³-hybridized carbons (Fsp3) is 0.278. The first kappa shape index (κ1) is 20.0. The molecular weight excluding hydrogens is 448 g/mol. The van der Waals surface area contributed by atoms with E-state index in [0.717, 1.165) is 9.47 Å². The average Bonchev–Trinajstić information content (AvgIpc) is 3.15. The molecule has 1 aliphatic heterocycles. The standard InChI is InChI=1S/C18H15BrN4O4S/c19-16-9-12(11-28-16)17(24)15(10-20)18(25)22-7-5-21(6-8-22)13-1-3-14(4-2-13)23(26)27/h1-4,9,11,15H,5-8H2. The van der Waals surface area contributed by atoms with Crippen molar-refractivity contribution in [2.45, 2.75) is 0 Å². The lowest BCUT2D eigenvalue weighted by molar-refractivity contribution is -0.384. The van der Waals surface area contributed by atoms with Crippen molar-refractivity contribution in [1.82, 2.24) is 4.90 Å². The maximum atomic E-state index is 12.7. The molecular formula is C18H15BrN4O4S. The molecule has 0 N–H and O–H groups in total. The number of ketones is 1. The summed E-state index contributed by atoms with van der Waals surface area (Å²) in [6.45, 7) is 1.77. The lowest BCUT2D eigenvalue weighted by Crippen LogP contribution is -2.51. The normalized spacial score (nSPS) is 15.0. The van der Waals surface area contributed by atoms with Gasteiger partial charge in [-0.15, -0.1) is 11.3 Å². The van der Waals surface area contributed by atoms with E-state index in [1.165, 1.54) is 28.4 Å². The van der Waals surface area contributed by atoms with Crippen LogP contribution in [-0.4, -0.2) is 47.7 Å². The Morgan fingerprint density at radius 2 is 1.86 bits per heavy atom. The van der Waals surface area contributed by atoms with Crippen LogP contribution < -0.4 is 4.90 Å². The number of nitrogens with zero attached hydrogens (tertiary/aromatic N) is 4. The molecule has 0 aliphatic carbocycles. The number of nitro groups is 1. The van der Waals surface area contributed by atoms with Crippen molar-refractivity contribution >= 4 is 50.3 Å². The molecule has 2 heterocycles. The van der Waals surface area contributed by atoms with E-state index in [1.54, 1.807) is 23.6 Å². The monoisotopic (exact) mass is 462 g/mol. The number of carbonyl (C=O) groups excluding carboxylic acids is 2. The van der Waals surface area contributed by atoms with Crippen LogP contribution in [-0.2, 0) is 4.79 Å². The smallest absolute Gasteiger partial charge is 0.269 e. The van der Waals surface area contributed by atoms with E-state index in [9.17, 15) is 25.0 Å². The van der Waals surface area contributed by atoms with Crippen LogP contribution in [0.4, 0.5) is 11.4 Å². The van der Waals surface area contributed by atoms with Crippen LogP contribution in [0.1, 0.15) is 10.4 Å². The maximum absolute atomic E-state index is 12.7. The molecule has 3 rings (SSSR count). The number of thiophene rings is 1. The van der Waals surface area contributed by atoms with E-state index >= 15 is 0 Å². The van der Waals surface area contributed by atoms with Crippen molar-refractivity contribution in [2.75, 3.05) is 31.1 Å². The molecule has 8 nitrogen and oxygen atoms in total. The zero-order valence-corrected chi connectivity index (χ0v) is 17.0. The number of hydrogen-bond acceptors (Lipinski definition) is 7. The molecule has 1 fully saturated rings. The van der Waals surface area contributed by atoms with Gasteiger partial charge in [0.1, 0.15) is 0 Å². The van der Waals surface area contributed by atoms with Gasteiger partial charge in [-0.25, -0.2) is 0 Å². The molecule has 1 aromatic carbocycles. The fourth-order valence-electron chi connectivity index (χ4n) is 2.98. The number of piperazine rings is 1. The Bertz CT molecular complexity index is 945. The molecule has 144 valence electrons. The highest BCUT2D eigenvalue weighted by molar-refractivity contribution is 9.11. The molecule has 0 saturated carbocycles. The van der Waals surface area contributed by atoms with Gasteiger partial charge in [-0.2, -0.15) is 5.26 Å². The first-order valence-electron chi connectivity index (χ1n) is 8.36. The predicted molar refractivity (Wildman–Crippen MR) is 107 cm³/mol. The van der Waals surface area contributed by atoms with Gasteiger partial charge in [-0.05, 0) is 34.1 Å². The van der Waals surface area contributed by atoms with Crippen LogP contribution in [0.25, 0.3) is 0 Å². The summed E-state index contributed by atoms with van der Waals surface area (Å²) in [4.78, 5) is 39.0. The van der Waals surface area contributed by atoms with Crippen molar-refractivity contribution in [3.8, 4) is 6.07 Å². The number of nitriles is 1. The summed E-state index contributed by atoms with van der Waals surface area (Å²) in [5, 5.41) is 21.7. The van der Waals surface area contributed by atoms with Crippen LogP contribution in [0.3, 0.4) is 0 Å². The molecule has 1 atom stereocenters. The van der Waals surface area contributed by atoms with Crippen LogP contribution in [0.5, 0.6) is 0 Å². The quantitative estimate of drug-likeness (QED) is 0.292. The summed E-state index contributed by atoms with van der Waals surface area (Å²) in [7, 11) is 0. The molecule has 0 radical (unpaired) electrons. The topological polar surface area (TPSA) is 108 Å². The average molecular weight is 463 g/mol. The van der Waals surface area contributed by atoms with Crippen LogP contribution in [0.2, 0.25) is 0 Å². The summed E-state index contributed by atoms with van der Waals surface area (Å²) in [6.07, 6.45) is 0. The third-order valence-electron chi connectivity index (χ3n) is 4.51. The Labute approximate surface area is 173 Å². The van der Waals surface area contributed by atoms with Gasteiger partial charge in [-0.1, -0.05) is 0 Å². The van der Waals surface area contributed by atoms with Gasteiger partial charge in [-0.3, -0.25) is 19.7 Å². The molecule has 28 heavy (non-hydrogen) atoms. The van der Waals surface area contributed by atoms with Crippen molar-refractivity contribution in [3.05, 3.63) is 55.2 Å². The van der Waals surface area contributed by atoms with Crippen molar-refractivity contribution in [3.63, 3.8) is 0 Å². The van der Waals surface area contributed by atoms with E-state index < -0.39 is 22.5 Å². The minimum atomic E-state index is -1.35. The molecule has 1 aliphatic rings. The molecule has 1 aromatic heterocycles. The number of carbonyl (C=O) groups is 2. The fourth-order valence-corrected chi connectivity index (χ4v) is 4.13. The van der Waals surface area contributed by atoms with Gasteiger partial charge < -0.3 is 9.80 Å². The van der Waals surface area contributed by atoms with E-state index in [1.807, 2.05) is 11.0 Å². The second-order valence-corrected chi connectivity index (χ2v) is 8.44. The van der Waals surface area contributed by atoms with Gasteiger partial charge in [0.2, 0.25) is 5.91 Å². The zero-order chi connectivity index (χ0) is 20.3. The molecule has 0 bridgehead atoms. The number of halogens is 1. The molecule has 10 heteroatoms. The Hall–Kier alpha value is -2.77. The number of rotatable bonds is 5. The zero-order valence-electron chi connectivity index (χ0n) is 14.6. The summed E-state index contributed by atoms with van der Waals surface area (Å²) < 4.78 is 0.761. The van der Waals surface area contributed by atoms with Gasteiger partial charge in [0.15, 0.2) is 11.7 Å². The lowest BCUT2D eigenvalue weighted by atomic mass is 9.99. The van der Waals surface area contributed by atoms with Gasteiger partial charge in [0.05, 0.1) is 14.8 Å². The second-order valence-electron chi connectivity index (χ2n) is 6.15. The second kappa shape index (κ2) is 8.50. The molecule has 1 saturated heterocycles. The van der Waals surface area contributed by atoms with Crippen LogP contribution in [0, 0.1) is 27.4 Å². The maximum Gasteiger partial charge on any atom is 0.269 e. The number of non-ortho nitro benzene ring substituents is 1. The van der Waals surface area contributed by atoms with Crippen molar-refractivity contribution in [2.24, 2.45) is 5.92 Å². The molecule has 2 aromatic rings. The Balaban J connectivity index is 1.63. The Morgan fingerprint density at radius 3 is 2.36 bits per heavy atom. The number of anilines is 1. The number of amides is 1. The Kier molecular flexibility index (Phi) is 6.06. The van der Waals surface area contributed by atoms with E-state index in [-0.39, 0.29) is 5.69 Å². The highest BCUT2D eigenvalue weighted by Gasteiger charge is 2.33. The SMILES string of the molecule is N#CC(C(=O)c1csc(Br)c1)C(=O)N1CCN(c2ccc([N+](=O)[O-])cc2)CC1. The highest BCUT2D eigenvalue weighted by Crippen LogP contribution is 2.24. The van der Waals surface area contributed by atoms with Gasteiger partial charge in [0.25, 0.3) is 5.69 Å².